The molecule has 1 aliphatic rings. The van der Waals surface area contributed by atoms with Crippen LogP contribution in [0.2, 0.25) is 0 Å². The van der Waals surface area contributed by atoms with Crippen molar-refractivity contribution in [3.05, 3.63) is 81.2 Å². The Kier molecular flexibility index (Phi) is 7.23. The molecule has 8 nitrogen and oxygen atoms in total. The number of ether oxygens (including phenoxy) is 1. The normalized spacial score (nSPS) is 17.1. The van der Waals surface area contributed by atoms with Crippen molar-refractivity contribution in [2.45, 2.75) is 52.5 Å². The van der Waals surface area contributed by atoms with Gasteiger partial charge in [-0.05, 0) is 99.0 Å². The zero-order chi connectivity index (χ0) is 28.7. The van der Waals surface area contributed by atoms with Gasteiger partial charge in [-0.3, -0.25) is 14.4 Å². The Hall–Kier alpha value is -4.40. The van der Waals surface area contributed by atoms with Crippen molar-refractivity contribution >= 4 is 22.8 Å². The number of carbonyl (C=O) groups excluding carboxylic acids is 1. The number of carbonyl (C=O) groups is 2. The lowest BCUT2D eigenvalue weighted by Gasteiger charge is -2.26. The number of rotatable bonds is 6. The highest BCUT2D eigenvalue weighted by atomic mass is 19.1. The lowest BCUT2D eigenvalue weighted by atomic mass is 9.86. The van der Waals surface area contributed by atoms with Crippen LogP contribution >= 0.6 is 0 Å². The van der Waals surface area contributed by atoms with Crippen LogP contribution in [-0.2, 0) is 11.8 Å². The second kappa shape index (κ2) is 10.6. The van der Waals surface area contributed by atoms with E-state index >= 15 is 0 Å². The number of benzene rings is 2. The molecular formula is C31H32FN3O5. The zero-order valence-electron chi connectivity index (χ0n) is 22.9. The van der Waals surface area contributed by atoms with E-state index in [1.54, 1.807) is 33.2 Å². The summed E-state index contributed by atoms with van der Waals surface area (Å²) < 4.78 is 21.5. The predicted molar refractivity (Wildman–Crippen MR) is 151 cm³/mol. The van der Waals surface area contributed by atoms with Gasteiger partial charge in [0.05, 0.1) is 5.92 Å². The van der Waals surface area contributed by atoms with Crippen LogP contribution in [0.1, 0.15) is 52.9 Å². The van der Waals surface area contributed by atoms with Crippen molar-refractivity contribution in [2.24, 2.45) is 13.0 Å². The Labute approximate surface area is 230 Å². The lowest BCUT2D eigenvalue weighted by Crippen LogP contribution is -2.38. The fourth-order valence-electron chi connectivity index (χ4n) is 5.57. The summed E-state index contributed by atoms with van der Waals surface area (Å²) in [5.74, 6) is -0.664. The highest BCUT2D eigenvalue weighted by molar-refractivity contribution is 6.02. The van der Waals surface area contributed by atoms with E-state index in [2.05, 4.69) is 10.3 Å². The van der Waals surface area contributed by atoms with E-state index in [0.29, 0.717) is 59.2 Å². The number of aryl methyl sites for hydroxylation is 4. The molecule has 2 aromatic carbocycles. The van der Waals surface area contributed by atoms with Gasteiger partial charge in [-0.25, -0.2) is 4.39 Å². The molecule has 0 atom stereocenters. The molecule has 9 heteroatoms. The molecule has 0 radical (unpaired) electrons. The van der Waals surface area contributed by atoms with Crippen LogP contribution in [0.15, 0.2) is 47.4 Å². The van der Waals surface area contributed by atoms with Crippen LogP contribution in [0.5, 0.6) is 11.5 Å². The number of nitrogens with one attached hydrogen (secondary N) is 2. The number of aromatic amines is 1. The third-order valence-corrected chi connectivity index (χ3v) is 7.63. The number of aromatic nitrogens is 2. The minimum atomic E-state index is -0.795. The lowest BCUT2D eigenvalue weighted by molar-refractivity contribution is -0.142. The summed E-state index contributed by atoms with van der Waals surface area (Å²) in [5.41, 5.74) is 4.15. The second-order valence-corrected chi connectivity index (χ2v) is 10.8. The summed E-state index contributed by atoms with van der Waals surface area (Å²) in [6, 6.07) is 10.2. The molecule has 0 bridgehead atoms. The van der Waals surface area contributed by atoms with Crippen LogP contribution < -0.4 is 15.6 Å². The van der Waals surface area contributed by atoms with Crippen molar-refractivity contribution in [2.75, 3.05) is 0 Å². The minimum Gasteiger partial charge on any atom is -0.481 e. The summed E-state index contributed by atoms with van der Waals surface area (Å²) in [6.07, 6.45) is 3.96. The molecule has 1 amide bonds. The van der Waals surface area contributed by atoms with Crippen molar-refractivity contribution in [1.82, 2.24) is 14.9 Å². The molecule has 1 aliphatic carbocycles. The fourth-order valence-corrected chi connectivity index (χ4v) is 5.57. The summed E-state index contributed by atoms with van der Waals surface area (Å²) in [6.45, 7) is 5.53. The van der Waals surface area contributed by atoms with Crippen LogP contribution in [0.3, 0.4) is 0 Å². The van der Waals surface area contributed by atoms with E-state index in [1.165, 1.54) is 16.7 Å². The van der Waals surface area contributed by atoms with E-state index in [-0.39, 0.29) is 34.9 Å². The van der Waals surface area contributed by atoms with Gasteiger partial charge in [0, 0.05) is 30.2 Å². The number of nitrogens with zero attached hydrogens (tertiary/aromatic N) is 1. The molecular weight excluding hydrogens is 513 g/mol. The van der Waals surface area contributed by atoms with Crippen LogP contribution in [-0.4, -0.2) is 32.6 Å². The predicted octanol–water partition coefficient (Wildman–Crippen LogP) is 5.76. The molecule has 0 saturated heterocycles. The van der Waals surface area contributed by atoms with Gasteiger partial charge in [0.15, 0.2) is 0 Å². The smallest absolute Gasteiger partial charge is 0.306 e. The van der Waals surface area contributed by atoms with E-state index < -0.39 is 5.97 Å². The number of halogens is 1. The van der Waals surface area contributed by atoms with Crippen molar-refractivity contribution < 1.29 is 23.8 Å². The van der Waals surface area contributed by atoms with Crippen molar-refractivity contribution in [3.8, 4) is 22.6 Å². The molecule has 1 saturated carbocycles. The topological polar surface area (TPSA) is 113 Å². The first-order chi connectivity index (χ1) is 19.0. The van der Waals surface area contributed by atoms with Crippen LogP contribution in [0, 0.1) is 32.5 Å². The van der Waals surface area contributed by atoms with Crippen molar-refractivity contribution in [1.29, 1.82) is 0 Å². The van der Waals surface area contributed by atoms with Crippen LogP contribution in [0.4, 0.5) is 4.39 Å². The number of carboxylic acid groups (broad SMARTS) is 1. The molecule has 208 valence electrons. The SMILES string of the molecule is Cc1cc(Oc2c(C)cc(F)cc2C)cc(-c2cn(C)c(=O)c3[nH]c(C(=O)NC4CCC(C(=O)O)CC4)cc23)c1. The van der Waals surface area contributed by atoms with E-state index in [4.69, 9.17) is 4.74 Å². The van der Waals surface area contributed by atoms with E-state index in [0.717, 1.165) is 16.7 Å². The van der Waals surface area contributed by atoms with Gasteiger partial charge < -0.3 is 24.7 Å². The van der Waals surface area contributed by atoms with E-state index in [9.17, 15) is 23.9 Å². The average molecular weight is 546 g/mol. The van der Waals surface area contributed by atoms with Crippen molar-refractivity contribution in [3.63, 3.8) is 0 Å². The largest absolute Gasteiger partial charge is 0.481 e. The number of hydrogen-bond acceptors (Lipinski definition) is 4. The molecule has 5 rings (SSSR count). The Morgan fingerprint density at radius 2 is 1.70 bits per heavy atom. The third kappa shape index (κ3) is 5.36. The molecule has 0 spiro atoms. The van der Waals surface area contributed by atoms with E-state index in [1.807, 2.05) is 25.1 Å². The number of hydrogen-bond donors (Lipinski definition) is 3. The molecule has 0 unspecified atom stereocenters. The molecule has 40 heavy (non-hydrogen) atoms. The van der Waals surface area contributed by atoms with Gasteiger partial charge in [-0.2, -0.15) is 0 Å². The monoisotopic (exact) mass is 545 g/mol. The van der Waals surface area contributed by atoms with Gasteiger partial charge in [0.25, 0.3) is 11.5 Å². The molecule has 2 aromatic heterocycles. The highest BCUT2D eigenvalue weighted by Gasteiger charge is 2.27. The first-order valence-electron chi connectivity index (χ1n) is 13.3. The second-order valence-electron chi connectivity index (χ2n) is 10.8. The summed E-state index contributed by atoms with van der Waals surface area (Å²) >= 11 is 0. The maximum Gasteiger partial charge on any atom is 0.306 e. The number of H-pyrrole nitrogens is 1. The first kappa shape index (κ1) is 27.2. The molecule has 3 N–H and O–H groups in total. The highest BCUT2D eigenvalue weighted by Crippen LogP contribution is 2.35. The maximum atomic E-state index is 13.8. The average Bonchev–Trinajstić information content (AvgIpc) is 3.34. The van der Waals surface area contributed by atoms with Gasteiger partial charge in [-0.1, -0.05) is 6.07 Å². The number of carboxylic acids is 1. The maximum absolute atomic E-state index is 13.8. The summed E-state index contributed by atoms with van der Waals surface area (Å²) in [4.78, 5) is 40.4. The number of fused-ring (bicyclic) bond motifs is 1. The van der Waals surface area contributed by atoms with Gasteiger partial charge in [0.2, 0.25) is 0 Å². The molecule has 2 heterocycles. The molecule has 1 fully saturated rings. The standard InChI is InChI=1S/C31H32FN3O5/c1-16-9-20(13-23(10-16)40-28-17(2)11-21(32)12-18(28)3)25-15-35(4)30(37)27-24(25)14-26(34-27)29(36)33-22-7-5-19(6-8-22)31(38)39/h9-15,19,22,34H,5-8H2,1-4H3,(H,33,36)(H,38,39). The summed E-state index contributed by atoms with van der Waals surface area (Å²) in [7, 11) is 1.66. The van der Waals surface area contributed by atoms with Gasteiger partial charge >= 0.3 is 5.97 Å². The Morgan fingerprint density at radius 3 is 2.35 bits per heavy atom. The van der Waals surface area contributed by atoms with Gasteiger partial charge in [0.1, 0.15) is 28.5 Å². The number of aliphatic carboxylic acids is 1. The van der Waals surface area contributed by atoms with Crippen LogP contribution in [0.25, 0.3) is 22.0 Å². The Balaban J connectivity index is 1.48. The Bertz CT molecular complexity index is 1670. The Morgan fingerprint density at radius 1 is 1.02 bits per heavy atom. The fraction of sp³-hybridized carbons (Fsp3) is 0.323. The minimum absolute atomic E-state index is 0.119. The number of amides is 1. The quantitative estimate of drug-likeness (QED) is 0.285. The molecule has 4 aromatic rings. The number of pyridine rings is 1. The summed E-state index contributed by atoms with van der Waals surface area (Å²) in [5, 5.41) is 12.8. The third-order valence-electron chi connectivity index (χ3n) is 7.63. The van der Waals surface area contributed by atoms with Gasteiger partial charge in [-0.15, -0.1) is 0 Å². The zero-order valence-corrected chi connectivity index (χ0v) is 22.9. The first-order valence-corrected chi connectivity index (χ1v) is 13.3. The molecule has 0 aliphatic heterocycles.